The Balaban J connectivity index is 0.688. The van der Waals surface area contributed by atoms with E-state index in [0.717, 1.165) is 68.9 Å². The van der Waals surface area contributed by atoms with E-state index < -0.39 is 17.6 Å². The van der Waals surface area contributed by atoms with Crippen LogP contribution in [0.25, 0.3) is 27.6 Å². The fourth-order valence-corrected chi connectivity index (χ4v) is 11.1. The van der Waals surface area contributed by atoms with Crippen molar-refractivity contribution >= 4 is 56.6 Å². The number of nitrogens with zero attached hydrogens (tertiary/aromatic N) is 10. The van der Waals surface area contributed by atoms with E-state index in [0.29, 0.717) is 64.7 Å². The summed E-state index contributed by atoms with van der Waals surface area (Å²) in [5.74, 6) is 0.0762. The lowest BCUT2D eigenvalue weighted by atomic mass is 9.66. The summed E-state index contributed by atoms with van der Waals surface area (Å²) >= 11 is 0. The van der Waals surface area contributed by atoms with E-state index in [1.165, 1.54) is 36.1 Å². The number of hydrogen-bond acceptors (Lipinski definition) is 13. The number of amides is 2. The normalized spacial score (nSPS) is 23.2. The number of rotatable bonds is 6. The van der Waals surface area contributed by atoms with Crippen molar-refractivity contribution in [2.75, 3.05) is 54.4 Å². The number of fused-ring (bicyclic) bond motifs is 7. The quantitative estimate of drug-likeness (QED) is 0.144. The fourth-order valence-electron chi connectivity index (χ4n) is 11.1. The fraction of sp³-hybridized carbons (Fsp3) is 0.440. The first kappa shape index (κ1) is 42.9. The number of carbonyl (C=O) groups excluding carboxylic acids is 2. The van der Waals surface area contributed by atoms with E-state index in [1.54, 1.807) is 28.7 Å². The molecule has 5 aliphatic rings. The number of imide groups is 1. The van der Waals surface area contributed by atoms with Gasteiger partial charge in [0, 0.05) is 80.4 Å². The summed E-state index contributed by atoms with van der Waals surface area (Å²) in [6, 6.07) is 19.7. The van der Waals surface area contributed by atoms with Crippen LogP contribution >= 0.6 is 0 Å². The molecule has 1 saturated carbocycles. The van der Waals surface area contributed by atoms with Gasteiger partial charge in [0.1, 0.15) is 17.0 Å². The van der Waals surface area contributed by atoms with Crippen molar-refractivity contribution in [3.63, 3.8) is 0 Å². The maximum Gasteiger partial charge on any atom is 0.278 e. The molecule has 4 aromatic heterocycles. The summed E-state index contributed by atoms with van der Waals surface area (Å²) in [6.07, 6.45) is 16.0. The van der Waals surface area contributed by atoms with Gasteiger partial charge in [0.15, 0.2) is 11.5 Å². The van der Waals surface area contributed by atoms with Gasteiger partial charge in [-0.2, -0.15) is 10.1 Å². The molecule has 8 heterocycles. The van der Waals surface area contributed by atoms with Crippen LogP contribution in [0.1, 0.15) is 82.9 Å². The standard InChI is InChI=1S/C50H56N12O5/c1-49(67)18-3-2-4-23-60-46(65)39-32-51-48(56-44(39)62(60)42-7-5-6-41(49)54-42)53-34-9-12-35(13-10-34)58-26-28-59(29-27-58)36-16-19-50(20-17-36)21-24-57(25-22-50)37-11-8-33-31-52-61(47(66)38(33)30-37)40-14-15-43(63)55-45(40)64/h2,4-13,30-32,36,40,67H,3,14-29H2,1H3,(H,51,53,56)(H,55,63,64)/b4-2-/t40?,49-/m1/s1. The minimum Gasteiger partial charge on any atom is -0.384 e. The lowest BCUT2D eigenvalue weighted by Crippen LogP contribution is -2.52. The number of aliphatic hydroxyl groups is 1. The van der Waals surface area contributed by atoms with Crippen LogP contribution in [-0.4, -0.2) is 101 Å². The lowest BCUT2D eigenvalue weighted by molar-refractivity contribution is -0.136. The van der Waals surface area contributed by atoms with Crippen molar-refractivity contribution in [3.05, 3.63) is 112 Å². The maximum atomic E-state index is 13.6. The van der Waals surface area contributed by atoms with Gasteiger partial charge in [0.2, 0.25) is 11.9 Å². The number of carbonyl (C=O) groups is 2. The highest BCUT2D eigenvalue weighted by molar-refractivity contribution is 5.99. The van der Waals surface area contributed by atoms with Gasteiger partial charge in [0.05, 0.1) is 23.8 Å². The number of allylic oxidation sites excluding steroid dienone is 2. The van der Waals surface area contributed by atoms with Crippen LogP contribution in [0.3, 0.4) is 0 Å². The van der Waals surface area contributed by atoms with E-state index in [4.69, 9.17) is 9.97 Å². The van der Waals surface area contributed by atoms with E-state index >= 15 is 0 Å². The SMILES string of the molecule is C[C@@]1(O)CC/C=C\Cn2c(=O)c3cnc(Nc4ccc(N5CCN(C6CCC7(CC6)CCN(c6ccc8cnn(C9CCC(=O)NC9=O)c(=O)c8c6)CC7)CC5)cc4)nc3n2-c2cccc1n2. The molecule has 1 unspecified atom stereocenters. The van der Waals surface area contributed by atoms with Gasteiger partial charge in [-0.05, 0) is 119 Å². The second-order valence-electron chi connectivity index (χ2n) is 19.3. The minimum atomic E-state index is -1.12. The van der Waals surface area contributed by atoms with Crippen molar-refractivity contribution in [2.24, 2.45) is 5.41 Å². The lowest BCUT2D eigenvalue weighted by Gasteiger charge is -2.49. The second kappa shape index (κ2) is 17.2. The number of piperidine rings is 2. The molecule has 1 aliphatic carbocycles. The molecule has 2 amide bonds. The second-order valence-corrected chi connectivity index (χ2v) is 19.3. The Morgan fingerprint density at radius 1 is 0.761 bits per heavy atom. The van der Waals surface area contributed by atoms with Crippen molar-refractivity contribution < 1.29 is 14.7 Å². The van der Waals surface area contributed by atoms with Gasteiger partial charge >= 0.3 is 0 Å². The molecular weight excluding hydrogens is 849 g/mol. The monoisotopic (exact) mass is 904 g/mol. The number of anilines is 4. The zero-order valence-corrected chi connectivity index (χ0v) is 37.8. The molecule has 17 nitrogen and oxygen atoms in total. The maximum absolute atomic E-state index is 13.6. The molecule has 3 N–H and O–H groups in total. The van der Waals surface area contributed by atoms with Gasteiger partial charge in [0.25, 0.3) is 17.0 Å². The number of hydrogen-bond donors (Lipinski definition) is 3. The van der Waals surface area contributed by atoms with Gasteiger partial charge < -0.3 is 20.2 Å². The summed E-state index contributed by atoms with van der Waals surface area (Å²) in [5.41, 5.74) is 2.75. The van der Waals surface area contributed by atoms with Crippen molar-refractivity contribution in [1.29, 1.82) is 0 Å². The molecule has 4 fully saturated rings. The molecule has 1 spiro atoms. The molecule has 67 heavy (non-hydrogen) atoms. The molecule has 2 atom stereocenters. The third-order valence-electron chi connectivity index (χ3n) is 15.2. The summed E-state index contributed by atoms with van der Waals surface area (Å²) in [5, 5.41) is 22.9. The molecule has 2 aromatic carbocycles. The van der Waals surface area contributed by atoms with E-state index in [1.807, 2.05) is 54.6 Å². The molecular formula is C50H56N12O5. The molecule has 11 rings (SSSR count). The average molecular weight is 905 g/mol. The third-order valence-corrected chi connectivity index (χ3v) is 15.2. The van der Waals surface area contributed by atoms with Gasteiger partial charge in [-0.15, -0.1) is 0 Å². The Labute approximate surface area is 387 Å². The van der Waals surface area contributed by atoms with Gasteiger partial charge in [-0.3, -0.25) is 29.4 Å². The Kier molecular flexibility index (Phi) is 11.0. The van der Waals surface area contributed by atoms with E-state index in [9.17, 15) is 24.3 Å². The smallest absolute Gasteiger partial charge is 0.278 e. The first-order valence-corrected chi connectivity index (χ1v) is 23.8. The Morgan fingerprint density at radius 3 is 2.30 bits per heavy atom. The summed E-state index contributed by atoms with van der Waals surface area (Å²) in [6.45, 7) is 8.02. The molecule has 3 saturated heterocycles. The number of benzene rings is 2. The number of piperazine rings is 1. The molecule has 0 radical (unpaired) electrons. The summed E-state index contributed by atoms with van der Waals surface area (Å²) in [7, 11) is 0. The minimum absolute atomic E-state index is 0.189. The Hall–Kier alpha value is -6.72. The highest BCUT2D eigenvalue weighted by atomic mass is 16.3. The molecule has 2 bridgehead atoms. The molecule has 17 heteroatoms. The van der Waals surface area contributed by atoms with Crippen molar-refractivity contribution in [2.45, 2.75) is 95.4 Å². The zero-order valence-electron chi connectivity index (χ0n) is 37.8. The number of nitrogens with one attached hydrogen (secondary N) is 2. The highest BCUT2D eigenvalue weighted by Gasteiger charge is 2.40. The van der Waals surface area contributed by atoms with Crippen LogP contribution in [0.5, 0.6) is 0 Å². The first-order chi connectivity index (χ1) is 32.5. The molecule has 346 valence electrons. The van der Waals surface area contributed by atoms with Crippen molar-refractivity contribution in [3.8, 4) is 5.82 Å². The first-order valence-electron chi connectivity index (χ1n) is 23.8. The predicted octanol–water partition coefficient (Wildman–Crippen LogP) is 5.32. The topological polar surface area (TPSA) is 189 Å². The van der Waals surface area contributed by atoms with Crippen LogP contribution in [0, 0.1) is 5.41 Å². The average Bonchev–Trinajstić information content (AvgIpc) is 3.61. The van der Waals surface area contributed by atoms with Crippen LogP contribution < -0.4 is 31.6 Å². The van der Waals surface area contributed by atoms with Crippen LogP contribution in [-0.2, 0) is 21.7 Å². The summed E-state index contributed by atoms with van der Waals surface area (Å²) in [4.78, 5) is 73.1. The predicted molar refractivity (Wildman–Crippen MR) is 256 cm³/mol. The third kappa shape index (κ3) is 8.17. The van der Waals surface area contributed by atoms with Crippen molar-refractivity contribution in [1.82, 2.24) is 44.3 Å². The molecule has 4 aliphatic heterocycles. The summed E-state index contributed by atoms with van der Waals surface area (Å²) < 4.78 is 4.57. The molecule has 6 aromatic rings. The van der Waals surface area contributed by atoms with Gasteiger partial charge in [-0.25, -0.2) is 24.0 Å². The van der Waals surface area contributed by atoms with E-state index in [2.05, 4.69) is 53.6 Å². The zero-order chi connectivity index (χ0) is 45.9. The Bertz CT molecular complexity index is 3020. The number of pyridine rings is 1. The van der Waals surface area contributed by atoms with Crippen LogP contribution in [0.2, 0.25) is 0 Å². The van der Waals surface area contributed by atoms with Crippen LogP contribution in [0.15, 0.2) is 94.8 Å². The van der Waals surface area contributed by atoms with Crippen LogP contribution in [0.4, 0.5) is 23.0 Å². The van der Waals surface area contributed by atoms with E-state index in [-0.39, 0.29) is 29.9 Å². The number of aromatic nitrogens is 7. The van der Waals surface area contributed by atoms with Gasteiger partial charge in [-0.1, -0.05) is 24.3 Å². The highest BCUT2D eigenvalue weighted by Crippen LogP contribution is 2.46. The largest absolute Gasteiger partial charge is 0.384 e. The Morgan fingerprint density at radius 2 is 1.52 bits per heavy atom.